The number of likely N-dealkylation sites (tertiary alicyclic amines) is 1. The number of rotatable bonds is 6. The Morgan fingerprint density at radius 1 is 1.00 bits per heavy atom. The summed E-state index contributed by atoms with van der Waals surface area (Å²) >= 11 is 0. The molecule has 0 spiro atoms. The third kappa shape index (κ3) is 5.50. The third-order valence-electron chi connectivity index (χ3n) is 5.81. The van der Waals surface area contributed by atoms with Gasteiger partial charge in [0.15, 0.2) is 0 Å². The van der Waals surface area contributed by atoms with Crippen molar-refractivity contribution in [2.45, 2.75) is 19.4 Å². The molecule has 3 aromatic rings. The minimum absolute atomic E-state index is 0.00458. The molecule has 31 heavy (non-hydrogen) atoms. The summed E-state index contributed by atoms with van der Waals surface area (Å²) in [6.07, 6.45) is 1.64. The van der Waals surface area contributed by atoms with Gasteiger partial charge in [-0.05, 0) is 79.0 Å². The van der Waals surface area contributed by atoms with Gasteiger partial charge in [0, 0.05) is 18.2 Å². The molecule has 4 nitrogen and oxygen atoms in total. The zero-order valence-corrected chi connectivity index (χ0v) is 17.7. The highest BCUT2D eigenvalue weighted by Gasteiger charge is 2.25. The molecule has 0 saturated carbocycles. The van der Waals surface area contributed by atoms with Crippen molar-refractivity contribution < 1.29 is 13.9 Å². The Hall–Kier alpha value is -3.18. The van der Waals surface area contributed by atoms with Crippen molar-refractivity contribution in [1.29, 1.82) is 0 Å². The molecule has 0 unspecified atom stereocenters. The number of ether oxygens (including phenoxy) is 1. The fourth-order valence-electron chi connectivity index (χ4n) is 4.02. The molecule has 160 valence electrons. The molecule has 1 heterocycles. The van der Waals surface area contributed by atoms with Crippen LogP contribution in [0.25, 0.3) is 11.1 Å². The summed E-state index contributed by atoms with van der Waals surface area (Å²) in [5, 5.41) is 3.09. The van der Waals surface area contributed by atoms with Gasteiger partial charge >= 0.3 is 0 Å². The lowest BCUT2D eigenvalue weighted by Crippen LogP contribution is -2.37. The van der Waals surface area contributed by atoms with Crippen LogP contribution in [0.2, 0.25) is 0 Å². The zero-order valence-electron chi connectivity index (χ0n) is 17.7. The Balaban J connectivity index is 1.33. The van der Waals surface area contributed by atoms with Gasteiger partial charge in [0.1, 0.15) is 11.6 Å². The van der Waals surface area contributed by atoms with Crippen LogP contribution in [-0.4, -0.2) is 31.0 Å². The van der Waals surface area contributed by atoms with E-state index in [1.165, 1.54) is 12.1 Å². The first kappa shape index (κ1) is 21.1. The number of methoxy groups -OCH3 is 1. The van der Waals surface area contributed by atoms with Gasteiger partial charge in [-0.1, -0.05) is 36.4 Å². The average molecular weight is 419 g/mol. The van der Waals surface area contributed by atoms with Gasteiger partial charge in [0.05, 0.1) is 7.11 Å². The molecule has 4 rings (SSSR count). The van der Waals surface area contributed by atoms with Gasteiger partial charge in [-0.2, -0.15) is 0 Å². The van der Waals surface area contributed by atoms with Gasteiger partial charge in [-0.25, -0.2) is 4.39 Å². The van der Waals surface area contributed by atoms with Gasteiger partial charge in [-0.3, -0.25) is 9.69 Å². The molecule has 0 aromatic heterocycles. The van der Waals surface area contributed by atoms with Crippen LogP contribution >= 0.6 is 0 Å². The number of nitrogens with zero attached hydrogens (tertiary/aromatic N) is 1. The number of anilines is 1. The predicted octanol–water partition coefficient (Wildman–Crippen LogP) is 5.35. The predicted molar refractivity (Wildman–Crippen MR) is 121 cm³/mol. The summed E-state index contributed by atoms with van der Waals surface area (Å²) < 4.78 is 18.4. The minimum atomic E-state index is -0.213. The molecule has 1 aliphatic heterocycles. The average Bonchev–Trinajstić information content (AvgIpc) is 2.81. The SMILES string of the molecule is COc1cccc(-c2cccc(NC(=O)C3CCN(Cc4ccc(F)cc4)CC3)c2)c1. The molecule has 5 heteroatoms. The second-order valence-corrected chi connectivity index (χ2v) is 7.98. The van der Waals surface area contributed by atoms with Crippen molar-refractivity contribution in [2.24, 2.45) is 5.92 Å². The van der Waals surface area contributed by atoms with Gasteiger partial charge in [0.25, 0.3) is 0 Å². The van der Waals surface area contributed by atoms with Crippen molar-refractivity contribution in [1.82, 2.24) is 4.90 Å². The van der Waals surface area contributed by atoms with Crippen molar-refractivity contribution in [2.75, 3.05) is 25.5 Å². The highest BCUT2D eigenvalue weighted by atomic mass is 19.1. The number of hydrogen-bond acceptors (Lipinski definition) is 3. The van der Waals surface area contributed by atoms with Crippen LogP contribution in [0.15, 0.2) is 72.8 Å². The second kappa shape index (κ2) is 9.75. The lowest BCUT2D eigenvalue weighted by molar-refractivity contribution is -0.121. The molecular formula is C26H27FN2O2. The fraction of sp³-hybridized carbons (Fsp3) is 0.269. The molecule has 1 N–H and O–H groups in total. The largest absolute Gasteiger partial charge is 0.497 e. The molecule has 1 aliphatic rings. The Bertz CT molecular complexity index is 1030. The van der Waals surface area contributed by atoms with Gasteiger partial charge < -0.3 is 10.1 Å². The van der Waals surface area contributed by atoms with Crippen molar-refractivity contribution in [3.63, 3.8) is 0 Å². The van der Waals surface area contributed by atoms with Crippen LogP contribution in [0.5, 0.6) is 5.75 Å². The second-order valence-electron chi connectivity index (χ2n) is 7.98. The van der Waals surface area contributed by atoms with E-state index in [0.717, 1.165) is 60.6 Å². The normalized spacial score (nSPS) is 14.9. The summed E-state index contributed by atoms with van der Waals surface area (Å²) in [7, 11) is 1.65. The summed E-state index contributed by atoms with van der Waals surface area (Å²) in [5.74, 6) is 0.670. The number of carbonyl (C=O) groups excluding carboxylic acids is 1. The lowest BCUT2D eigenvalue weighted by Gasteiger charge is -2.31. The molecule has 0 atom stereocenters. The van der Waals surface area contributed by atoms with E-state index < -0.39 is 0 Å². The van der Waals surface area contributed by atoms with Gasteiger partial charge in [-0.15, -0.1) is 0 Å². The number of carbonyl (C=O) groups is 1. The fourth-order valence-corrected chi connectivity index (χ4v) is 4.02. The third-order valence-corrected chi connectivity index (χ3v) is 5.81. The number of nitrogens with one attached hydrogen (secondary N) is 1. The molecule has 1 saturated heterocycles. The zero-order chi connectivity index (χ0) is 21.6. The molecule has 0 aliphatic carbocycles. The van der Waals surface area contributed by atoms with Crippen LogP contribution in [0.3, 0.4) is 0 Å². The van der Waals surface area contributed by atoms with E-state index >= 15 is 0 Å². The van der Waals surface area contributed by atoms with E-state index in [2.05, 4.69) is 10.2 Å². The van der Waals surface area contributed by atoms with Crippen LogP contribution < -0.4 is 10.1 Å². The molecule has 0 bridgehead atoms. The van der Waals surface area contributed by atoms with E-state index in [1.807, 2.05) is 60.7 Å². The Labute approximate surface area is 182 Å². The Morgan fingerprint density at radius 3 is 2.39 bits per heavy atom. The lowest BCUT2D eigenvalue weighted by atomic mass is 9.95. The smallest absolute Gasteiger partial charge is 0.227 e. The molecule has 1 fully saturated rings. The first-order chi connectivity index (χ1) is 15.1. The standard InChI is InChI=1S/C26H27FN2O2/c1-31-25-7-3-5-22(17-25)21-4-2-6-24(16-21)28-26(30)20-12-14-29(15-13-20)18-19-8-10-23(27)11-9-19/h2-11,16-17,20H,12-15,18H2,1H3,(H,28,30). The van der Waals surface area contributed by atoms with Gasteiger partial charge in [0.2, 0.25) is 5.91 Å². The van der Waals surface area contributed by atoms with E-state index in [0.29, 0.717) is 0 Å². The maximum absolute atomic E-state index is 13.1. The highest BCUT2D eigenvalue weighted by molar-refractivity contribution is 5.93. The number of piperidine rings is 1. The van der Waals surface area contributed by atoms with E-state index in [9.17, 15) is 9.18 Å². The number of halogens is 1. The van der Waals surface area contributed by atoms with Crippen molar-refractivity contribution >= 4 is 11.6 Å². The molecule has 1 amide bonds. The number of amides is 1. The number of benzene rings is 3. The van der Waals surface area contributed by atoms with Crippen LogP contribution in [-0.2, 0) is 11.3 Å². The summed E-state index contributed by atoms with van der Waals surface area (Å²) in [5.41, 5.74) is 3.98. The summed E-state index contributed by atoms with van der Waals surface area (Å²) in [6.45, 7) is 2.51. The first-order valence-electron chi connectivity index (χ1n) is 10.6. The monoisotopic (exact) mass is 418 g/mol. The molecule has 0 radical (unpaired) electrons. The maximum atomic E-state index is 13.1. The van der Waals surface area contributed by atoms with Crippen LogP contribution in [0, 0.1) is 11.7 Å². The highest BCUT2D eigenvalue weighted by Crippen LogP contribution is 2.27. The minimum Gasteiger partial charge on any atom is -0.497 e. The van der Waals surface area contributed by atoms with Crippen LogP contribution in [0.1, 0.15) is 18.4 Å². The molecular weight excluding hydrogens is 391 g/mol. The summed E-state index contributed by atoms with van der Waals surface area (Å²) in [4.78, 5) is 15.1. The van der Waals surface area contributed by atoms with Crippen molar-refractivity contribution in [3.8, 4) is 16.9 Å². The van der Waals surface area contributed by atoms with E-state index in [4.69, 9.17) is 4.74 Å². The number of hydrogen-bond donors (Lipinski definition) is 1. The molecule has 3 aromatic carbocycles. The first-order valence-corrected chi connectivity index (χ1v) is 10.6. The Kier molecular flexibility index (Phi) is 6.63. The Morgan fingerprint density at radius 2 is 1.68 bits per heavy atom. The summed E-state index contributed by atoms with van der Waals surface area (Å²) in [6, 6.07) is 22.4. The van der Waals surface area contributed by atoms with Crippen molar-refractivity contribution in [3.05, 3.63) is 84.2 Å². The van der Waals surface area contributed by atoms with E-state index in [-0.39, 0.29) is 17.6 Å². The van der Waals surface area contributed by atoms with E-state index in [1.54, 1.807) is 7.11 Å². The maximum Gasteiger partial charge on any atom is 0.227 e. The van der Waals surface area contributed by atoms with Crippen LogP contribution in [0.4, 0.5) is 10.1 Å². The quantitative estimate of drug-likeness (QED) is 0.587. The topological polar surface area (TPSA) is 41.6 Å².